The number of fused-ring (bicyclic) bond motifs is 1. The van der Waals surface area contributed by atoms with Crippen molar-refractivity contribution in [3.63, 3.8) is 0 Å². The predicted molar refractivity (Wildman–Crippen MR) is 154 cm³/mol. The van der Waals surface area contributed by atoms with Gasteiger partial charge in [-0.15, -0.1) is 0 Å². The van der Waals surface area contributed by atoms with Crippen molar-refractivity contribution < 1.29 is 14.3 Å². The highest BCUT2D eigenvalue weighted by atomic mass is 35.5. The highest BCUT2D eigenvalue weighted by molar-refractivity contribution is 6.30. The molecule has 1 amide bonds. The smallest absolute Gasteiger partial charge is 0.251 e. The van der Waals surface area contributed by atoms with Gasteiger partial charge in [-0.05, 0) is 74.2 Å². The number of nitrogens with zero attached hydrogens (tertiary/aromatic N) is 2. The summed E-state index contributed by atoms with van der Waals surface area (Å²) in [7, 11) is 1.66. The molecule has 1 heterocycles. The summed E-state index contributed by atoms with van der Waals surface area (Å²) in [5, 5.41) is 3.53. The summed E-state index contributed by atoms with van der Waals surface area (Å²) in [5.41, 5.74) is 3.78. The molecular formula is C31H34ClN3O3. The van der Waals surface area contributed by atoms with Gasteiger partial charge in [-0.3, -0.25) is 4.79 Å². The van der Waals surface area contributed by atoms with Gasteiger partial charge in [0.1, 0.15) is 5.82 Å². The maximum Gasteiger partial charge on any atom is 0.251 e. The Morgan fingerprint density at radius 1 is 1.03 bits per heavy atom. The minimum absolute atomic E-state index is 0.117. The number of methoxy groups -OCH3 is 1. The summed E-state index contributed by atoms with van der Waals surface area (Å²) in [6.07, 6.45) is 7.46. The summed E-state index contributed by atoms with van der Waals surface area (Å²) in [6, 6.07) is 21.2. The van der Waals surface area contributed by atoms with Crippen LogP contribution in [0.1, 0.15) is 47.9 Å². The van der Waals surface area contributed by atoms with Crippen molar-refractivity contribution in [3.05, 3.63) is 94.8 Å². The molecule has 6 nitrogen and oxygen atoms in total. The Bertz CT molecular complexity index is 1400. The number of hydrogen-bond donors (Lipinski definition) is 1. The lowest BCUT2D eigenvalue weighted by molar-refractivity contribution is 0.0953. The number of allylic oxidation sites excluding steroid dienone is 1. The third-order valence-corrected chi connectivity index (χ3v) is 6.50. The standard InChI is InChI=1S/C31H34ClN3O3/c1-3-10-23-16-17-28(29(21-23)37-2)38-20-7-6-19-35-27-14-5-4-13-26(27)34-30(35)15-9-18-33-31(36)24-11-8-12-25(32)22-24/h3-5,8,10-14,16-17,21-22H,6-7,9,15,18-20H2,1-2H3,(H,33,36)/b10-3+. The number of aromatic nitrogens is 2. The molecule has 7 heteroatoms. The van der Waals surface area contributed by atoms with Crippen LogP contribution in [0.3, 0.4) is 0 Å². The average Bonchev–Trinajstić information content (AvgIpc) is 3.28. The van der Waals surface area contributed by atoms with Crippen LogP contribution >= 0.6 is 11.6 Å². The third kappa shape index (κ3) is 7.17. The van der Waals surface area contributed by atoms with E-state index in [4.69, 9.17) is 26.1 Å². The van der Waals surface area contributed by atoms with Crippen LogP contribution in [0, 0.1) is 0 Å². The molecule has 0 atom stereocenters. The topological polar surface area (TPSA) is 65.4 Å². The van der Waals surface area contributed by atoms with Crippen molar-refractivity contribution in [2.24, 2.45) is 0 Å². The van der Waals surface area contributed by atoms with Gasteiger partial charge in [-0.1, -0.05) is 48.0 Å². The van der Waals surface area contributed by atoms with E-state index >= 15 is 0 Å². The molecule has 0 aliphatic rings. The van der Waals surface area contributed by atoms with E-state index in [0.717, 1.165) is 66.1 Å². The van der Waals surface area contributed by atoms with Crippen molar-refractivity contribution in [3.8, 4) is 11.5 Å². The zero-order valence-electron chi connectivity index (χ0n) is 22.0. The van der Waals surface area contributed by atoms with Crippen LogP contribution in [0.4, 0.5) is 0 Å². The van der Waals surface area contributed by atoms with E-state index in [0.29, 0.717) is 23.7 Å². The van der Waals surface area contributed by atoms with Crippen molar-refractivity contribution in [1.82, 2.24) is 14.9 Å². The molecular weight excluding hydrogens is 498 g/mol. The summed E-state index contributed by atoms with van der Waals surface area (Å²) >= 11 is 6.00. The Morgan fingerprint density at radius 2 is 1.89 bits per heavy atom. The highest BCUT2D eigenvalue weighted by Crippen LogP contribution is 2.29. The number of para-hydroxylation sites is 2. The second kappa shape index (κ2) is 13.7. The molecule has 4 aromatic rings. The Morgan fingerprint density at radius 3 is 2.71 bits per heavy atom. The molecule has 0 aliphatic heterocycles. The van der Waals surface area contributed by atoms with E-state index in [1.54, 1.807) is 31.4 Å². The van der Waals surface area contributed by atoms with Crippen LogP contribution < -0.4 is 14.8 Å². The molecule has 198 valence electrons. The lowest BCUT2D eigenvalue weighted by Gasteiger charge is -2.12. The first kappa shape index (κ1) is 27.3. The normalized spacial score (nSPS) is 11.2. The molecule has 4 rings (SSSR count). The number of carbonyl (C=O) groups excluding carboxylic acids is 1. The van der Waals surface area contributed by atoms with Gasteiger partial charge in [-0.25, -0.2) is 4.98 Å². The number of halogens is 1. The number of imidazole rings is 1. The van der Waals surface area contributed by atoms with E-state index in [9.17, 15) is 4.79 Å². The Kier molecular flexibility index (Phi) is 9.82. The average molecular weight is 532 g/mol. The Balaban J connectivity index is 1.30. The summed E-state index contributed by atoms with van der Waals surface area (Å²) in [6.45, 7) is 4.02. The zero-order valence-corrected chi connectivity index (χ0v) is 22.7. The number of benzene rings is 3. The molecule has 1 aromatic heterocycles. The van der Waals surface area contributed by atoms with Gasteiger partial charge in [0.2, 0.25) is 0 Å². The van der Waals surface area contributed by atoms with Gasteiger partial charge in [-0.2, -0.15) is 0 Å². The number of amides is 1. The first-order valence-corrected chi connectivity index (χ1v) is 13.4. The zero-order chi connectivity index (χ0) is 26.7. The fourth-order valence-electron chi connectivity index (χ4n) is 4.40. The molecule has 0 bridgehead atoms. The number of aryl methyl sites for hydroxylation is 2. The molecule has 1 N–H and O–H groups in total. The van der Waals surface area contributed by atoms with E-state index in [1.807, 2.05) is 55.5 Å². The molecule has 0 radical (unpaired) electrons. The lowest BCUT2D eigenvalue weighted by atomic mass is 10.2. The summed E-state index contributed by atoms with van der Waals surface area (Å²) in [4.78, 5) is 17.3. The Hall–Kier alpha value is -3.77. The van der Waals surface area contributed by atoms with Gasteiger partial charge in [0.15, 0.2) is 11.5 Å². The van der Waals surface area contributed by atoms with Crippen LogP contribution in [0.15, 0.2) is 72.8 Å². The second-order valence-electron chi connectivity index (χ2n) is 9.00. The van der Waals surface area contributed by atoms with Crippen LogP contribution in [0.25, 0.3) is 17.1 Å². The van der Waals surface area contributed by atoms with Crippen molar-refractivity contribution in [1.29, 1.82) is 0 Å². The van der Waals surface area contributed by atoms with Gasteiger partial charge < -0.3 is 19.4 Å². The Labute approximate surface area is 229 Å². The maximum absolute atomic E-state index is 12.4. The van der Waals surface area contributed by atoms with Crippen LogP contribution in [0.5, 0.6) is 11.5 Å². The van der Waals surface area contributed by atoms with Crippen LogP contribution in [0.2, 0.25) is 5.02 Å². The number of ether oxygens (including phenoxy) is 2. The number of unbranched alkanes of at least 4 members (excludes halogenated alkanes) is 1. The first-order chi connectivity index (χ1) is 18.6. The molecule has 3 aromatic carbocycles. The van der Waals surface area contributed by atoms with Gasteiger partial charge in [0, 0.05) is 30.1 Å². The number of nitrogens with one attached hydrogen (secondary N) is 1. The minimum Gasteiger partial charge on any atom is -0.493 e. The summed E-state index contributed by atoms with van der Waals surface area (Å²) < 4.78 is 13.8. The van der Waals surface area contributed by atoms with E-state index in [-0.39, 0.29) is 5.91 Å². The van der Waals surface area contributed by atoms with E-state index in [1.165, 1.54) is 0 Å². The van der Waals surface area contributed by atoms with Crippen LogP contribution in [-0.2, 0) is 13.0 Å². The van der Waals surface area contributed by atoms with Gasteiger partial charge >= 0.3 is 0 Å². The molecule has 0 saturated carbocycles. The molecule has 0 unspecified atom stereocenters. The monoisotopic (exact) mass is 531 g/mol. The lowest BCUT2D eigenvalue weighted by Crippen LogP contribution is -2.25. The van der Waals surface area contributed by atoms with Gasteiger partial charge in [0.25, 0.3) is 5.91 Å². The summed E-state index contributed by atoms with van der Waals surface area (Å²) in [5.74, 6) is 2.42. The van der Waals surface area contributed by atoms with Crippen molar-refractivity contribution >= 4 is 34.6 Å². The molecule has 0 saturated heterocycles. The van der Waals surface area contributed by atoms with E-state index in [2.05, 4.69) is 16.0 Å². The first-order valence-electron chi connectivity index (χ1n) is 13.0. The predicted octanol–water partition coefficient (Wildman–Crippen LogP) is 6.95. The minimum atomic E-state index is -0.117. The van der Waals surface area contributed by atoms with E-state index < -0.39 is 0 Å². The van der Waals surface area contributed by atoms with Crippen molar-refractivity contribution in [2.45, 2.75) is 39.2 Å². The molecule has 0 aliphatic carbocycles. The second-order valence-corrected chi connectivity index (χ2v) is 9.44. The van der Waals surface area contributed by atoms with Crippen molar-refractivity contribution in [2.75, 3.05) is 20.3 Å². The maximum atomic E-state index is 12.4. The number of rotatable bonds is 13. The fourth-order valence-corrected chi connectivity index (χ4v) is 4.59. The van der Waals surface area contributed by atoms with Crippen LogP contribution in [-0.4, -0.2) is 35.7 Å². The van der Waals surface area contributed by atoms with Gasteiger partial charge in [0.05, 0.1) is 24.8 Å². The third-order valence-electron chi connectivity index (χ3n) is 6.26. The molecule has 0 spiro atoms. The highest BCUT2D eigenvalue weighted by Gasteiger charge is 2.11. The molecule has 38 heavy (non-hydrogen) atoms. The largest absolute Gasteiger partial charge is 0.493 e. The number of carbonyl (C=O) groups is 1. The molecule has 0 fully saturated rings. The SMILES string of the molecule is C/C=C/c1ccc(OCCCCn2c(CCCNC(=O)c3cccc(Cl)c3)nc3ccccc32)c(OC)c1. The number of hydrogen-bond acceptors (Lipinski definition) is 4. The quantitative estimate of drug-likeness (QED) is 0.189. The fraction of sp³-hybridized carbons (Fsp3) is 0.290.